The molecule has 0 aliphatic heterocycles. The molecule has 8 heteroatoms. The van der Waals surface area contributed by atoms with Gasteiger partial charge in [-0.2, -0.15) is 5.26 Å². The maximum atomic E-state index is 12.6. The van der Waals surface area contributed by atoms with Crippen LogP contribution in [0.1, 0.15) is 23.2 Å². The molecule has 0 aliphatic carbocycles. The first-order valence-corrected chi connectivity index (χ1v) is 4.47. The highest BCUT2D eigenvalue weighted by Crippen LogP contribution is 2.28. The average molecular weight is 248 g/mol. The van der Waals surface area contributed by atoms with Crippen LogP contribution in [-0.2, 0) is 5.88 Å². The lowest BCUT2D eigenvalue weighted by Gasteiger charge is -2.04. The molecule has 0 aromatic carbocycles. The summed E-state index contributed by atoms with van der Waals surface area (Å²) in [6, 6.07) is 2.17. The Morgan fingerprint density at radius 1 is 1.69 bits per heavy atom. The van der Waals surface area contributed by atoms with E-state index in [0.717, 1.165) is 0 Å². The fraction of sp³-hybridized carbons (Fsp3) is 0.250. The van der Waals surface area contributed by atoms with Crippen LogP contribution >= 0.6 is 11.6 Å². The molecule has 0 spiro atoms. The van der Waals surface area contributed by atoms with Gasteiger partial charge in [-0.25, -0.2) is 8.78 Å². The fourth-order valence-electron chi connectivity index (χ4n) is 1.12. The summed E-state index contributed by atoms with van der Waals surface area (Å²) in [4.78, 5) is 12.9. The van der Waals surface area contributed by atoms with Crippen LogP contribution in [0.2, 0.25) is 0 Å². The molecule has 0 atom stereocenters. The molecule has 0 saturated heterocycles. The summed E-state index contributed by atoms with van der Waals surface area (Å²) in [5.41, 5.74) is -1.47. The number of hydrogen-bond acceptors (Lipinski definition) is 4. The molecule has 0 fully saturated rings. The number of aromatic nitrogens is 1. The minimum Gasteiger partial charge on any atom is -0.358 e. The van der Waals surface area contributed by atoms with Gasteiger partial charge in [-0.1, -0.05) is 0 Å². The average Bonchev–Trinajstić information content (AvgIpc) is 2.26. The van der Waals surface area contributed by atoms with E-state index in [-0.39, 0.29) is 5.69 Å². The maximum absolute atomic E-state index is 12.6. The Bertz CT molecular complexity index is 473. The van der Waals surface area contributed by atoms with Gasteiger partial charge in [0, 0.05) is 0 Å². The Kier molecular flexibility index (Phi) is 3.68. The predicted molar refractivity (Wildman–Crippen MR) is 50.1 cm³/mol. The molecule has 0 unspecified atom stereocenters. The minimum absolute atomic E-state index is 0.345. The molecule has 0 N–H and O–H groups in total. The molecular formula is C8H4ClF2N3O2. The second-order valence-corrected chi connectivity index (χ2v) is 2.96. The van der Waals surface area contributed by atoms with E-state index in [1.54, 1.807) is 0 Å². The van der Waals surface area contributed by atoms with E-state index in [1.165, 1.54) is 6.07 Å². The van der Waals surface area contributed by atoms with Crippen LogP contribution in [0.15, 0.2) is 6.07 Å². The van der Waals surface area contributed by atoms with Crippen molar-refractivity contribution >= 4 is 17.4 Å². The molecule has 1 heterocycles. The van der Waals surface area contributed by atoms with Crippen molar-refractivity contribution in [2.24, 2.45) is 0 Å². The summed E-state index contributed by atoms with van der Waals surface area (Å²) in [6.45, 7) is 0. The Hall–Kier alpha value is -1.81. The number of nitrogens with zero attached hydrogens (tertiary/aromatic N) is 3. The number of nitro groups is 1. The molecule has 1 aromatic rings. The van der Waals surface area contributed by atoms with Crippen molar-refractivity contribution in [2.45, 2.75) is 12.3 Å². The highest BCUT2D eigenvalue weighted by molar-refractivity contribution is 6.17. The van der Waals surface area contributed by atoms with E-state index in [1.807, 2.05) is 0 Å². The molecule has 84 valence electrons. The Balaban J connectivity index is 3.51. The predicted octanol–water partition coefficient (Wildman–Crippen LogP) is 2.54. The first-order chi connectivity index (χ1) is 7.51. The van der Waals surface area contributed by atoms with Gasteiger partial charge in [0.15, 0.2) is 5.69 Å². The molecule has 1 aromatic heterocycles. The van der Waals surface area contributed by atoms with Gasteiger partial charge >= 0.3 is 5.82 Å². The van der Waals surface area contributed by atoms with Crippen molar-refractivity contribution < 1.29 is 13.7 Å². The minimum atomic E-state index is -2.95. The topological polar surface area (TPSA) is 79.8 Å². The van der Waals surface area contributed by atoms with Crippen molar-refractivity contribution in [1.82, 2.24) is 4.98 Å². The van der Waals surface area contributed by atoms with Crippen LogP contribution < -0.4 is 0 Å². The van der Waals surface area contributed by atoms with Gasteiger partial charge in [0.1, 0.15) is 6.07 Å². The third-order valence-electron chi connectivity index (χ3n) is 1.78. The SMILES string of the molecule is N#Cc1cc([N+](=O)[O-])nc(CCl)c1C(F)F. The summed E-state index contributed by atoms with van der Waals surface area (Å²) in [6.07, 6.45) is -2.95. The molecule has 0 aliphatic rings. The molecule has 16 heavy (non-hydrogen) atoms. The van der Waals surface area contributed by atoms with Gasteiger partial charge in [0.25, 0.3) is 6.43 Å². The molecular weight excluding hydrogens is 244 g/mol. The quantitative estimate of drug-likeness (QED) is 0.467. The lowest BCUT2D eigenvalue weighted by atomic mass is 10.1. The second kappa shape index (κ2) is 4.81. The van der Waals surface area contributed by atoms with Gasteiger partial charge in [0.2, 0.25) is 0 Å². The Morgan fingerprint density at radius 3 is 2.69 bits per heavy atom. The molecule has 5 nitrogen and oxygen atoms in total. The Labute approximate surface area is 93.4 Å². The van der Waals surface area contributed by atoms with Gasteiger partial charge in [-0.05, 0) is 9.91 Å². The normalized spacial score (nSPS) is 10.2. The standard InChI is InChI=1S/C8H4ClF2N3O2/c9-2-5-7(8(10)11)4(3-12)1-6(13-5)14(15)16/h1,8H,2H2. The van der Waals surface area contributed by atoms with E-state index in [4.69, 9.17) is 16.9 Å². The van der Waals surface area contributed by atoms with E-state index in [0.29, 0.717) is 6.07 Å². The summed E-state index contributed by atoms with van der Waals surface area (Å²) in [5.74, 6) is -1.09. The van der Waals surface area contributed by atoms with Crippen LogP contribution in [0.4, 0.5) is 14.6 Å². The first-order valence-electron chi connectivity index (χ1n) is 3.93. The summed E-state index contributed by atoms with van der Waals surface area (Å²) in [7, 11) is 0. The van der Waals surface area contributed by atoms with Crippen molar-refractivity contribution in [2.75, 3.05) is 0 Å². The third kappa shape index (κ3) is 2.23. The number of alkyl halides is 3. The molecule has 0 saturated carbocycles. The fourth-order valence-corrected chi connectivity index (χ4v) is 1.33. The van der Waals surface area contributed by atoms with Crippen molar-refractivity contribution in [3.63, 3.8) is 0 Å². The van der Waals surface area contributed by atoms with Crippen LogP contribution in [0.3, 0.4) is 0 Å². The van der Waals surface area contributed by atoms with Crippen molar-refractivity contribution in [1.29, 1.82) is 5.26 Å². The van der Waals surface area contributed by atoms with Crippen LogP contribution in [-0.4, -0.2) is 9.91 Å². The van der Waals surface area contributed by atoms with E-state index in [2.05, 4.69) is 4.98 Å². The van der Waals surface area contributed by atoms with E-state index < -0.39 is 34.2 Å². The zero-order valence-corrected chi connectivity index (χ0v) is 8.41. The van der Waals surface area contributed by atoms with Gasteiger partial charge in [-0.3, -0.25) is 0 Å². The molecule has 0 amide bonds. The first kappa shape index (κ1) is 12.3. The summed E-state index contributed by atoms with van der Waals surface area (Å²) >= 11 is 5.35. The molecule has 1 rings (SSSR count). The molecule has 0 radical (unpaired) electrons. The lowest BCUT2D eigenvalue weighted by molar-refractivity contribution is -0.389. The van der Waals surface area contributed by atoms with Gasteiger partial charge in [-0.15, -0.1) is 11.6 Å². The largest absolute Gasteiger partial charge is 0.365 e. The molecule has 0 bridgehead atoms. The monoisotopic (exact) mass is 247 g/mol. The number of nitriles is 1. The van der Waals surface area contributed by atoms with Crippen molar-refractivity contribution in [3.8, 4) is 6.07 Å². The van der Waals surface area contributed by atoms with Gasteiger partial charge < -0.3 is 10.1 Å². The number of rotatable bonds is 3. The van der Waals surface area contributed by atoms with Crippen LogP contribution in [0, 0.1) is 21.4 Å². The smallest absolute Gasteiger partial charge is 0.358 e. The maximum Gasteiger partial charge on any atom is 0.365 e. The van der Waals surface area contributed by atoms with E-state index >= 15 is 0 Å². The van der Waals surface area contributed by atoms with E-state index in [9.17, 15) is 18.9 Å². The lowest BCUT2D eigenvalue weighted by Crippen LogP contribution is -2.04. The highest BCUT2D eigenvalue weighted by atomic mass is 35.5. The number of pyridine rings is 1. The summed E-state index contributed by atoms with van der Waals surface area (Å²) in [5, 5.41) is 19.0. The highest BCUT2D eigenvalue weighted by Gasteiger charge is 2.25. The number of halogens is 3. The Morgan fingerprint density at radius 2 is 2.31 bits per heavy atom. The summed E-state index contributed by atoms with van der Waals surface area (Å²) < 4.78 is 25.2. The van der Waals surface area contributed by atoms with Gasteiger partial charge in [0.05, 0.1) is 23.1 Å². The third-order valence-corrected chi connectivity index (χ3v) is 2.03. The van der Waals surface area contributed by atoms with Crippen LogP contribution in [0.25, 0.3) is 0 Å². The van der Waals surface area contributed by atoms with Crippen LogP contribution in [0.5, 0.6) is 0 Å². The zero-order chi connectivity index (χ0) is 12.3. The second-order valence-electron chi connectivity index (χ2n) is 2.69. The zero-order valence-electron chi connectivity index (χ0n) is 7.65. The number of hydrogen-bond donors (Lipinski definition) is 0. The van der Waals surface area contributed by atoms with Crippen molar-refractivity contribution in [3.05, 3.63) is 33.0 Å².